The zero-order valence-electron chi connectivity index (χ0n) is 29.7. The highest BCUT2D eigenvalue weighted by Crippen LogP contribution is 2.37. The van der Waals surface area contributed by atoms with Crippen molar-refractivity contribution in [3.05, 3.63) is 95.2 Å². The number of nitriles is 1. The van der Waals surface area contributed by atoms with Crippen LogP contribution in [-0.4, -0.2) is 90.7 Å². The van der Waals surface area contributed by atoms with Crippen LogP contribution < -0.4 is 14.5 Å². The van der Waals surface area contributed by atoms with E-state index in [1.807, 2.05) is 35.2 Å². The smallest absolute Gasteiger partial charge is 0.318 e. The molecule has 1 unspecified atom stereocenters. The molecule has 52 heavy (non-hydrogen) atoms. The van der Waals surface area contributed by atoms with Crippen molar-refractivity contribution in [2.75, 3.05) is 68.8 Å². The van der Waals surface area contributed by atoms with Crippen molar-refractivity contribution in [3.63, 3.8) is 0 Å². The number of benzene rings is 3. The molecule has 7 rings (SSSR count). The summed E-state index contributed by atoms with van der Waals surface area (Å²) in [6.07, 6.45) is 4.38. The molecule has 1 amide bonds. The van der Waals surface area contributed by atoms with Gasteiger partial charge in [0.05, 0.1) is 36.5 Å². The Kier molecular flexibility index (Phi) is 12.9. The third-order valence-corrected chi connectivity index (χ3v) is 10.5. The topological polar surface area (TPSA) is 98.1 Å². The molecule has 0 radical (unpaired) electrons. The fraction of sp³-hybridized carbons (Fsp3) is 0.400. The number of hydrogen-bond donors (Lipinski definition) is 1. The van der Waals surface area contributed by atoms with E-state index in [1.54, 1.807) is 6.07 Å². The highest BCUT2D eigenvalue weighted by atomic mass is 35.5. The average molecular weight is 740 g/mol. The zero-order valence-corrected chi connectivity index (χ0v) is 31.4. The van der Waals surface area contributed by atoms with Crippen LogP contribution in [0.5, 0.6) is 6.01 Å². The number of piperazine rings is 1. The molecule has 2 saturated heterocycles. The molecule has 12 heteroatoms. The first-order valence-electron chi connectivity index (χ1n) is 17.9. The minimum Gasteiger partial charge on any atom is -0.462 e. The monoisotopic (exact) mass is 739 g/mol. The van der Waals surface area contributed by atoms with E-state index in [0.29, 0.717) is 58.6 Å². The van der Waals surface area contributed by atoms with Gasteiger partial charge in [0.1, 0.15) is 12.4 Å². The van der Waals surface area contributed by atoms with Crippen molar-refractivity contribution in [2.24, 2.45) is 0 Å². The predicted octanol–water partition coefficient (Wildman–Crippen LogP) is 6.56. The number of amides is 1. The van der Waals surface area contributed by atoms with Gasteiger partial charge in [-0.05, 0) is 67.1 Å². The minimum atomic E-state index is -0.0313. The number of aromatic nitrogens is 2. The quantitative estimate of drug-likeness (QED) is 0.104. The van der Waals surface area contributed by atoms with Crippen LogP contribution in [-0.2, 0) is 29.1 Å². The van der Waals surface area contributed by atoms with E-state index in [1.165, 1.54) is 13.0 Å². The van der Waals surface area contributed by atoms with Crippen LogP contribution >= 0.6 is 24.2 Å². The molecule has 1 atom stereocenters. The molecule has 3 aliphatic rings. The average Bonchev–Trinajstić information content (AvgIpc) is 3.62. The van der Waals surface area contributed by atoms with Gasteiger partial charge in [0.15, 0.2) is 0 Å². The fourth-order valence-corrected chi connectivity index (χ4v) is 7.83. The number of thiol groups is 1. The molecular weight excluding hydrogens is 694 g/mol. The van der Waals surface area contributed by atoms with E-state index in [2.05, 4.69) is 64.2 Å². The number of halogens is 1. The summed E-state index contributed by atoms with van der Waals surface area (Å²) in [6.45, 7) is 12.8. The Morgan fingerprint density at radius 3 is 2.60 bits per heavy atom. The summed E-state index contributed by atoms with van der Waals surface area (Å²) in [5.74, 6) is 0.888. The van der Waals surface area contributed by atoms with Crippen molar-refractivity contribution in [1.82, 2.24) is 19.8 Å². The molecule has 3 aliphatic heterocycles. The number of ether oxygens (including phenoxy) is 2. The van der Waals surface area contributed by atoms with Gasteiger partial charge in [-0.1, -0.05) is 54.6 Å². The van der Waals surface area contributed by atoms with Gasteiger partial charge in [0.2, 0.25) is 5.91 Å². The second-order valence-electron chi connectivity index (χ2n) is 13.1. The van der Waals surface area contributed by atoms with Crippen molar-refractivity contribution >= 4 is 52.4 Å². The van der Waals surface area contributed by atoms with E-state index < -0.39 is 0 Å². The lowest BCUT2D eigenvalue weighted by Gasteiger charge is -2.38. The van der Waals surface area contributed by atoms with Crippen LogP contribution in [0.25, 0.3) is 10.8 Å². The minimum absolute atomic E-state index is 0.0313. The van der Waals surface area contributed by atoms with E-state index in [-0.39, 0.29) is 11.9 Å². The lowest BCUT2D eigenvalue weighted by Crippen LogP contribution is -2.49. The summed E-state index contributed by atoms with van der Waals surface area (Å²) in [6, 6.07) is 22.9. The van der Waals surface area contributed by atoms with E-state index >= 15 is 0 Å². The number of fused-ring (bicyclic) bond motifs is 2. The van der Waals surface area contributed by atoms with Gasteiger partial charge in [-0.25, -0.2) is 0 Å². The molecule has 0 spiro atoms. The maximum atomic E-state index is 12.3. The number of anilines is 2. The van der Waals surface area contributed by atoms with E-state index in [0.717, 1.165) is 87.9 Å². The molecule has 10 nitrogen and oxygen atoms in total. The largest absolute Gasteiger partial charge is 0.462 e. The van der Waals surface area contributed by atoms with Crippen molar-refractivity contribution < 1.29 is 14.3 Å². The third-order valence-electron chi connectivity index (χ3n) is 9.87. The summed E-state index contributed by atoms with van der Waals surface area (Å²) in [5, 5.41) is 10.2. The highest BCUT2D eigenvalue weighted by Gasteiger charge is 2.30. The molecule has 3 aromatic carbocycles. The Labute approximate surface area is 317 Å². The van der Waals surface area contributed by atoms with Crippen LogP contribution in [0.3, 0.4) is 0 Å². The molecule has 0 aliphatic carbocycles. The van der Waals surface area contributed by atoms with Gasteiger partial charge in [0, 0.05) is 73.8 Å². The molecular formula is C40H46ClN7O3S. The van der Waals surface area contributed by atoms with Crippen LogP contribution in [0.15, 0.2) is 78.2 Å². The van der Waals surface area contributed by atoms with Gasteiger partial charge in [-0.3, -0.25) is 9.69 Å². The molecule has 272 valence electrons. The Hall–Kier alpha value is -4.34. The van der Waals surface area contributed by atoms with Gasteiger partial charge >= 0.3 is 6.01 Å². The van der Waals surface area contributed by atoms with Crippen LogP contribution in [0.1, 0.15) is 36.6 Å². The Bertz CT molecular complexity index is 1910. The molecule has 4 aromatic rings. The number of rotatable bonds is 11. The first-order valence-corrected chi connectivity index (χ1v) is 18.7. The molecule has 4 heterocycles. The standard InChI is InChI=1S/C38H43ClN6O3S.C2H3N/c1-2-35(46)43-17-19-44(20-18-43)37-31-14-16-45(34-13-5-9-28-8-4-12-32(39)36(28)34)24-33(31)40-38(41-37)48-26-29-10-6-15-42(29)21-22-47-25-27-7-3-11-30(49)23-27;1-2-3/h2-5,7-9,11-13,23,29,49H,1,6,10,14-22,24-26H2;1H3. The zero-order chi connectivity index (χ0) is 36.5. The Morgan fingerprint density at radius 2 is 1.83 bits per heavy atom. The first-order chi connectivity index (χ1) is 25.4. The van der Waals surface area contributed by atoms with Crippen LogP contribution in [0.2, 0.25) is 5.02 Å². The van der Waals surface area contributed by atoms with Crippen LogP contribution in [0, 0.1) is 11.3 Å². The summed E-state index contributed by atoms with van der Waals surface area (Å²) in [7, 11) is 0. The lowest BCUT2D eigenvalue weighted by molar-refractivity contribution is -0.126. The van der Waals surface area contributed by atoms with Crippen LogP contribution in [0.4, 0.5) is 11.5 Å². The van der Waals surface area contributed by atoms with Crippen molar-refractivity contribution in [3.8, 4) is 12.1 Å². The Balaban J connectivity index is 0.00000150. The van der Waals surface area contributed by atoms with E-state index in [4.69, 9.17) is 36.3 Å². The van der Waals surface area contributed by atoms with Gasteiger partial charge in [-0.15, -0.1) is 12.6 Å². The summed E-state index contributed by atoms with van der Waals surface area (Å²) in [4.78, 5) is 32.3. The number of carbonyl (C=O) groups excluding carboxylic acids is 1. The summed E-state index contributed by atoms with van der Waals surface area (Å²) in [5.41, 5.74) is 4.36. The maximum Gasteiger partial charge on any atom is 0.318 e. The second kappa shape index (κ2) is 17.9. The number of nitrogens with zero attached hydrogens (tertiary/aromatic N) is 7. The molecule has 0 bridgehead atoms. The molecule has 2 fully saturated rings. The summed E-state index contributed by atoms with van der Waals surface area (Å²) < 4.78 is 12.5. The second-order valence-corrected chi connectivity index (χ2v) is 14.1. The molecule has 0 saturated carbocycles. The number of likely N-dealkylation sites (tertiary alicyclic amines) is 1. The maximum absolute atomic E-state index is 12.3. The van der Waals surface area contributed by atoms with Crippen molar-refractivity contribution in [2.45, 2.75) is 50.3 Å². The Morgan fingerprint density at radius 1 is 1.06 bits per heavy atom. The fourth-order valence-electron chi connectivity index (χ4n) is 7.29. The lowest BCUT2D eigenvalue weighted by atomic mass is 10.0. The number of carbonyl (C=O) groups is 1. The third kappa shape index (κ3) is 8.99. The summed E-state index contributed by atoms with van der Waals surface area (Å²) >= 11 is 11.2. The van der Waals surface area contributed by atoms with Crippen molar-refractivity contribution in [1.29, 1.82) is 5.26 Å². The number of hydrogen-bond acceptors (Lipinski definition) is 10. The molecule has 0 N–H and O–H groups in total. The van der Waals surface area contributed by atoms with Gasteiger partial charge in [-0.2, -0.15) is 15.2 Å². The van der Waals surface area contributed by atoms with Gasteiger partial charge < -0.3 is 24.2 Å². The highest BCUT2D eigenvalue weighted by molar-refractivity contribution is 7.80. The predicted molar refractivity (Wildman–Crippen MR) is 209 cm³/mol. The molecule has 1 aromatic heterocycles. The van der Waals surface area contributed by atoms with E-state index in [9.17, 15) is 4.79 Å². The normalized spacial score (nSPS) is 17.3. The SMILES string of the molecule is C=CC(=O)N1CCN(c2nc(OCC3CCCN3CCOCc3cccc(S)c3)nc3c2CCN(c2cccc4cccc(Cl)c24)C3)CC1.CC#N. The first kappa shape index (κ1) is 37.4. The van der Waals surface area contributed by atoms with Gasteiger partial charge in [0.25, 0.3) is 0 Å².